The molecule has 3 aromatic rings. The molecule has 0 aliphatic carbocycles. The third-order valence-corrected chi connectivity index (χ3v) is 4.83. The SMILES string of the molecule is Cc1ccc(C(=O)Oc2ccc3c(c2)OC(=Cc2ccc4c(c2)OCO4)C3=O)cc1. The van der Waals surface area contributed by atoms with E-state index in [-0.39, 0.29) is 18.3 Å². The lowest BCUT2D eigenvalue weighted by Gasteiger charge is -2.06. The van der Waals surface area contributed by atoms with Crippen molar-refractivity contribution in [1.29, 1.82) is 0 Å². The van der Waals surface area contributed by atoms with E-state index in [1.54, 1.807) is 48.5 Å². The largest absolute Gasteiger partial charge is 0.454 e. The van der Waals surface area contributed by atoms with Crippen LogP contribution in [0.4, 0.5) is 0 Å². The van der Waals surface area contributed by atoms with Gasteiger partial charge in [0.05, 0.1) is 11.1 Å². The molecular weight excluding hydrogens is 384 g/mol. The first-order valence-corrected chi connectivity index (χ1v) is 9.34. The Labute approximate surface area is 172 Å². The van der Waals surface area contributed by atoms with Crippen molar-refractivity contribution in [2.75, 3.05) is 6.79 Å². The fraction of sp³-hybridized carbons (Fsp3) is 0.0833. The lowest BCUT2D eigenvalue weighted by atomic mass is 10.1. The van der Waals surface area contributed by atoms with Crippen LogP contribution >= 0.6 is 0 Å². The molecular formula is C24H16O6. The van der Waals surface area contributed by atoms with Crippen LogP contribution in [-0.4, -0.2) is 18.5 Å². The average Bonchev–Trinajstić information content (AvgIpc) is 3.32. The summed E-state index contributed by atoms with van der Waals surface area (Å²) < 4.78 is 21.8. The van der Waals surface area contributed by atoms with Crippen molar-refractivity contribution in [2.24, 2.45) is 0 Å². The van der Waals surface area contributed by atoms with Gasteiger partial charge in [0.15, 0.2) is 17.3 Å². The zero-order valence-corrected chi connectivity index (χ0v) is 16.0. The molecule has 0 N–H and O–H groups in total. The van der Waals surface area contributed by atoms with Crippen molar-refractivity contribution in [3.05, 3.63) is 88.7 Å². The Kier molecular flexibility index (Phi) is 4.25. The minimum atomic E-state index is -0.476. The van der Waals surface area contributed by atoms with E-state index in [1.807, 2.05) is 25.1 Å². The summed E-state index contributed by atoms with van der Waals surface area (Å²) >= 11 is 0. The minimum Gasteiger partial charge on any atom is -0.454 e. The fourth-order valence-corrected chi connectivity index (χ4v) is 3.24. The predicted molar refractivity (Wildman–Crippen MR) is 108 cm³/mol. The summed E-state index contributed by atoms with van der Waals surface area (Å²) in [5, 5.41) is 0. The molecule has 0 spiro atoms. The fourth-order valence-electron chi connectivity index (χ4n) is 3.24. The lowest BCUT2D eigenvalue weighted by molar-refractivity contribution is 0.0734. The number of ketones is 1. The number of esters is 1. The highest BCUT2D eigenvalue weighted by atomic mass is 16.7. The van der Waals surface area contributed by atoms with E-state index in [9.17, 15) is 9.59 Å². The second-order valence-electron chi connectivity index (χ2n) is 6.97. The van der Waals surface area contributed by atoms with Gasteiger partial charge in [0, 0.05) is 6.07 Å². The molecule has 148 valence electrons. The number of hydrogen-bond acceptors (Lipinski definition) is 6. The van der Waals surface area contributed by atoms with Gasteiger partial charge < -0.3 is 18.9 Å². The highest BCUT2D eigenvalue weighted by Crippen LogP contribution is 2.37. The Balaban J connectivity index is 1.36. The van der Waals surface area contributed by atoms with Crippen molar-refractivity contribution >= 4 is 17.8 Å². The van der Waals surface area contributed by atoms with Crippen LogP contribution in [0.3, 0.4) is 0 Å². The Morgan fingerprint density at radius 3 is 2.57 bits per heavy atom. The predicted octanol–water partition coefficient (Wildman–Crippen LogP) is 4.56. The van der Waals surface area contributed by atoms with E-state index >= 15 is 0 Å². The van der Waals surface area contributed by atoms with Gasteiger partial charge in [-0.15, -0.1) is 0 Å². The van der Waals surface area contributed by atoms with Gasteiger partial charge in [0.1, 0.15) is 11.5 Å². The number of fused-ring (bicyclic) bond motifs is 2. The molecule has 6 nitrogen and oxygen atoms in total. The van der Waals surface area contributed by atoms with Gasteiger partial charge in [-0.1, -0.05) is 23.8 Å². The summed E-state index contributed by atoms with van der Waals surface area (Å²) in [6.07, 6.45) is 1.64. The summed E-state index contributed by atoms with van der Waals surface area (Å²) in [6.45, 7) is 2.12. The molecule has 5 rings (SSSR count). The number of rotatable bonds is 3. The molecule has 2 aliphatic heterocycles. The quantitative estimate of drug-likeness (QED) is 0.365. The average molecular weight is 400 g/mol. The number of benzene rings is 3. The smallest absolute Gasteiger partial charge is 0.343 e. The molecule has 6 heteroatoms. The van der Waals surface area contributed by atoms with Gasteiger partial charge in [-0.2, -0.15) is 0 Å². The number of allylic oxidation sites excluding steroid dienone is 1. The third kappa shape index (κ3) is 3.28. The second-order valence-corrected chi connectivity index (χ2v) is 6.97. The standard InChI is InChI=1S/C24H16O6/c1-14-2-5-16(6-3-14)24(26)29-17-7-8-18-20(12-17)30-22(23(18)25)11-15-4-9-19-21(10-15)28-13-27-19/h2-12H,13H2,1H3. The molecule has 0 saturated heterocycles. The Morgan fingerprint density at radius 1 is 0.933 bits per heavy atom. The zero-order valence-electron chi connectivity index (χ0n) is 16.0. The summed E-state index contributed by atoms with van der Waals surface area (Å²) in [5.41, 5.74) is 2.66. The third-order valence-electron chi connectivity index (χ3n) is 4.83. The van der Waals surface area contributed by atoms with E-state index in [4.69, 9.17) is 18.9 Å². The van der Waals surface area contributed by atoms with E-state index in [0.29, 0.717) is 34.1 Å². The van der Waals surface area contributed by atoms with Crippen molar-refractivity contribution < 1.29 is 28.5 Å². The van der Waals surface area contributed by atoms with Gasteiger partial charge >= 0.3 is 5.97 Å². The lowest BCUT2D eigenvalue weighted by Crippen LogP contribution is -2.08. The topological polar surface area (TPSA) is 71.1 Å². The number of hydrogen-bond donors (Lipinski definition) is 0. The Hall–Kier alpha value is -4.06. The second kappa shape index (κ2) is 7.08. The number of aryl methyl sites for hydroxylation is 1. The first kappa shape index (κ1) is 18.0. The maximum Gasteiger partial charge on any atom is 0.343 e. The van der Waals surface area contributed by atoms with Crippen LogP contribution in [0.2, 0.25) is 0 Å². The monoisotopic (exact) mass is 400 g/mol. The zero-order chi connectivity index (χ0) is 20.7. The molecule has 3 aromatic carbocycles. The Bertz CT molecular complexity index is 1210. The van der Waals surface area contributed by atoms with Crippen LogP contribution in [-0.2, 0) is 0 Å². The van der Waals surface area contributed by atoms with Gasteiger partial charge in [0.2, 0.25) is 12.6 Å². The van der Waals surface area contributed by atoms with Crippen LogP contribution in [0.5, 0.6) is 23.0 Å². The molecule has 2 aliphatic rings. The number of ether oxygens (including phenoxy) is 4. The maximum atomic E-state index is 12.7. The summed E-state index contributed by atoms with van der Waals surface area (Å²) in [5.74, 6) is 1.41. The highest BCUT2D eigenvalue weighted by Gasteiger charge is 2.28. The first-order valence-electron chi connectivity index (χ1n) is 9.34. The molecule has 0 saturated carbocycles. The van der Waals surface area contributed by atoms with Crippen LogP contribution in [0, 0.1) is 6.92 Å². The van der Waals surface area contributed by atoms with Gasteiger partial charge in [-0.25, -0.2) is 4.79 Å². The van der Waals surface area contributed by atoms with Gasteiger partial charge in [0.25, 0.3) is 0 Å². The highest BCUT2D eigenvalue weighted by molar-refractivity contribution is 6.14. The van der Waals surface area contributed by atoms with Crippen LogP contribution in [0.15, 0.2) is 66.4 Å². The van der Waals surface area contributed by atoms with E-state index in [2.05, 4.69) is 0 Å². The van der Waals surface area contributed by atoms with Crippen molar-refractivity contribution in [1.82, 2.24) is 0 Å². The summed E-state index contributed by atoms with van der Waals surface area (Å²) in [7, 11) is 0. The number of carbonyl (C=O) groups excluding carboxylic acids is 2. The molecule has 2 heterocycles. The van der Waals surface area contributed by atoms with Gasteiger partial charge in [-0.05, 0) is 55.0 Å². The van der Waals surface area contributed by atoms with Crippen molar-refractivity contribution in [3.63, 3.8) is 0 Å². The Morgan fingerprint density at radius 2 is 1.73 bits per heavy atom. The number of Topliss-reactive ketones (excluding diaryl/α,β-unsaturated/α-hetero) is 1. The van der Waals surface area contributed by atoms with Crippen LogP contribution < -0.4 is 18.9 Å². The molecule has 0 aromatic heterocycles. The molecule has 0 amide bonds. The maximum absolute atomic E-state index is 12.7. The minimum absolute atomic E-state index is 0.181. The first-order chi connectivity index (χ1) is 14.6. The molecule has 0 radical (unpaired) electrons. The molecule has 0 unspecified atom stereocenters. The van der Waals surface area contributed by atoms with E-state index in [0.717, 1.165) is 11.1 Å². The van der Waals surface area contributed by atoms with E-state index < -0.39 is 5.97 Å². The number of carbonyl (C=O) groups is 2. The molecule has 0 bridgehead atoms. The van der Waals surface area contributed by atoms with Crippen LogP contribution in [0.1, 0.15) is 31.8 Å². The molecule has 0 fully saturated rings. The normalized spacial score (nSPS) is 15.1. The van der Waals surface area contributed by atoms with E-state index in [1.165, 1.54) is 0 Å². The molecule has 30 heavy (non-hydrogen) atoms. The summed E-state index contributed by atoms with van der Waals surface area (Å²) in [4.78, 5) is 25.0. The van der Waals surface area contributed by atoms with Crippen molar-refractivity contribution in [2.45, 2.75) is 6.92 Å². The molecule has 0 atom stereocenters. The van der Waals surface area contributed by atoms with Crippen molar-refractivity contribution in [3.8, 4) is 23.0 Å². The van der Waals surface area contributed by atoms with Crippen LogP contribution in [0.25, 0.3) is 6.08 Å². The van der Waals surface area contributed by atoms with Gasteiger partial charge in [-0.3, -0.25) is 4.79 Å². The summed E-state index contributed by atoms with van der Waals surface area (Å²) in [6, 6.07) is 17.2.